The number of carbonyl (C=O) groups is 1. The Morgan fingerprint density at radius 2 is 1.60 bits per heavy atom. The lowest BCUT2D eigenvalue weighted by molar-refractivity contribution is 0.0818. The number of aryl methyl sites for hydroxylation is 3. The normalized spacial score (nSPS) is 12.0. The summed E-state index contributed by atoms with van der Waals surface area (Å²) in [6.45, 7) is 7.88. The van der Waals surface area contributed by atoms with Gasteiger partial charge < -0.3 is 4.74 Å². The maximum atomic E-state index is 12.3. The van der Waals surface area contributed by atoms with Crippen LogP contribution in [0.5, 0.6) is 5.75 Å². The maximum absolute atomic E-state index is 12.3. The molecule has 0 N–H and O–H groups in total. The van der Waals surface area contributed by atoms with Gasteiger partial charge in [0.2, 0.25) is 5.78 Å². The fourth-order valence-corrected chi connectivity index (χ4v) is 2.00. The molecule has 2 aromatic rings. The second-order valence-corrected chi connectivity index (χ2v) is 5.24. The minimum atomic E-state index is -0.486. The summed E-state index contributed by atoms with van der Waals surface area (Å²) >= 11 is 0. The first kappa shape index (κ1) is 14.3. The van der Waals surface area contributed by atoms with Crippen molar-refractivity contribution < 1.29 is 9.53 Å². The summed E-state index contributed by atoms with van der Waals surface area (Å²) in [6.07, 6.45) is -0.486. The van der Waals surface area contributed by atoms with Crippen LogP contribution in [0.25, 0.3) is 0 Å². The van der Waals surface area contributed by atoms with Gasteiger partial charge in [0, 0.05) is 5.56 Å². The number of carbonyl (C=O) groups excluding carboxylic acids is 1. The van der Waals surface area contributed by atoms with Gasteiger partial charge in [-0.05, 0) is 51.0 Å². The summed E-state index contributed by atoms with van der Waals surface area (Å²) in [5, 5.41) is 0. The summed E-state index contributed by atoms with van der Waals surface area (Å²) in [4.78, 5) is 12.3. The largest absolute Gasteiger partial charge is 0.483 e. The Morgan fingerprint density at radius 1 is 0.950 bits per heavy atom. The van der Waals surface area contributed by atoms with E-state index in [2.05, 4.69) is 6.92 Å². The van der Waals surface area contributed by atoms with Gasteiger partial charge in [-0.2, -0.15) is 0 Å². The fraction of sp³-hybridized carbons (Fsp3) is 0.278. The Labute approximate surface area is 120 Å². The summed E-state index contributed by atoms with van der Waals surface area (Å²) in [5.41, 5.74) is 4.21. The molecule has 0 aliphatic carbocycles. The van der Waals surface area contributed by atoms with Crippen molar-refractivity contribution >= 4 is 5.78 Å². The second-order valence-electron chi connectivity index (χ2n) is 5.24. The van der Waals surface area contributed by atoms with Crippen LogP contribution in [-0.2, 0) is 0 Å². The molecule has 0 radical (unpaired) electrons. The van der Waals surface area contributed by atoms with Crippen LogP contribution < -0.4 is 4.74 Å². The number of benzene rings is 2. The third kappa shape index (κ3) is 3.27. The van der Waals surface area contributed by atoms with E-state index in [0.29, 0.717) is 5.56 Å². The average Bonchev–Trinajstić information content (AvgIpc) is 2.43. The standard InChI is InChI=1S/C18H20O2/c1-12-5-8-16(9-6-12)18(19)15(4)20-17-10-7-13(2)14(3)11-17/h5-11,15H,1-4H3. The molecule has 0 fully saturated rings. The van der Waals surface area contributed by atoms with E-state index < -0.39 is 6.10 Å². The van der Waals surface area contributed by atoms with E-state index >= 15 is 0 Å². The Morgan fingerprint density at radius 3 is 2.20 bits per heavy atom. The smallest absolute Gasteiger partial charge is 0.202 e. The number of ketones is 1. The van der Waals surface area contributed by atoms with E-state index in [1.54, 1.807) is 6.92 Å². The summed E-state index contributed by atoms with van der Waals surface area (Å²) in [5.74, 6) is 0.740. The van der Waals surface area contributed by atoms with Crippen LogP contribution in [-0.4, -0.2) is 11.9 Å². The van der Waals surface area contributed by atoms with Crippen molar-refractivity contribution in [3.63, 3.8) is 0 Å². The van der Waals surface area contributed by atoms with Crippen molar-refractivity contribution in [2.24, 2.45) is 0 Å². The van der Waals surface area contributed by atoms with E-state index in [9.17, 15) is 4.79 Å². The Balaban J connectivity index is 2.11. The molecule has 0 spiro atoms. The first-order chi connectivity index (χ1) is 9.47. The molecule has 104 valence electrons. The molecule has 0 heterocycles. The van der Waals surface area contributed by atoms with Gasteiger partial charge in [-0.25, -0.2) is 0 Å². The van der Waals surface area contributed by atoms with Crippen molar-refractivity contribution in [1.29, 1.82) is 0 Å². The average molecular weight is 268 g/mol. The quantitative estimate of drug-likeness (QED) is 0.774. The number of hydrogen-bond donors (Lipinski definition) is 0. The van der Waals surface area contributed by atoms with Crippen molar-refractivity contribution in [3.05, 3.63) is 64.7 Å². The molecule has 2 rings (SSSR count). The Bertz CT molecular complexity index is 612. The van der Waals surface area contributed by atoms with E-state index in [1.165, 1.54) is 5.56 Å². The van der Waals surface area contributed by atoms with Crippen molar-refractivity contribution in [1.82, 2.24) is 0 Å². The zero-order valence-corrected chi connectivity index (χ0v) is 12.4. The highest BCUT2D eigenvalue weighted by Gasteiger charge is 2.16. The molecular weight excluding hydrogens is 248 g/mol. The number of Topliss-reactive ketones (excluding diaryl/α,β-unsaturated/α-hetero) is 1. The molecule has 2 nitrogen and oxygen atoms in total. The van der Waals surface area contributed by atoms with Gasteiger partial charge in [-0.3, -0.25) is 4.79 Å². The minimum Gasteiger partial charge on any atom is -0.483 e. The van der Waals surface area contributed by atoms with Crippen LogP contribution in [0.1, 0.15) is 34.0 Å². The molecule has 0 bridgehead atoms. The van der Waals surface area contributed by atoms with Crippen LogP contribution in [0.15, 0.2) is 42.5 Å². The third-order valence-corrected chi connectivity index (χ3v) is 3.50. The van der Waals surface area contributed by atoms with E-state index in [4.69, 9.17) is 4.74 Å². The number of rotatable bonds is 4. The molecule has 2 aromatic carbocycles. The zero-order valence-electron chi connectivity index (χ0n) is 12.4. The van der Waals surface area contributed by atoms with Crippen LogP contribution in [0, 0.1) is 20.8 Å². The zero-order chi connectivity index (χ0) is 14.7. The lowest BCUT2D eigenvalue weighted by atomic mass is 10.1. The first-order valence-electron chi connectivity index (χ1n) is 6.82. The van der Waals surface area contributed by atoms with Crippen molar-refractivity contribution in [2.75, 3.05) is 0 Å². The van der Waals surface area contributed by atoms with E-state index in [1.807, 2.05) is 56.3 Å². The summed E-state index contributed by atoms with van der Waals surface area (Å²) < 4.78 is 5.75. The predicted molar refractivity (Wildman–Crippen MR) is 81.5 cm³/mol. The van der Waals surface area contributed by atoms with Crippen molar-refractivity contribution in [2.45, 2.75) is 33.8 Å². The predicted octanol–water partition coefficient (Wildman–Crippen LogP) is 4.26. The van der Waals surface area contributed by atoms with Crippen LogP contribution in [0.3, 0.4) is 0 Å². The molecule has 0 aliphatic rings. The van der Waals surface area contributed by atoms with Gasteiger partial charge in [0.25, 0.3) is 0 Å². The molecule has 0 saturated heterocycles. The van der Waals surface area contributed by atoms with Crippen LogP contribution in [0.2, 0.25) is 0 Å². The molecule has 2 heteroatoms. The lowest BCUT2D eigenvalue weighted by Gasteiger charge is -2.15. The van der Waals surface area contributed by atoms with Gasteiger partial charge in [0.1, 0.15) is 5.75 Å². The molecule has 0 aliphatic heterocycles. The Hall–Kier alpha value is -2.09. The Kier molecular flexibility index (Phi) is 4.23. The van der Waals surface area contributed by atoms with E-state index in [-0.39, 0.29) is 5.78 Å². The molecular formula is C18H20O2. The van der Waals surface area contributed by atoms with E-state index in [0.717, 1.165) is 16.9 Å². The fourth-order valence-electron chi connectivity index (χ4n) is 2.00. The summed E-state index contributed by atoms with van der Waals surface area (Å²) in [7, 11) is 0. The molecule has 1 unspecified atom stereocenters. The molecule has 0 amide bonds. The summed E-state index contributed by atoms with van der Waals surface area (Å²) in [6, 6.07) is 13.4. The highest BCUT2D eigenvalue weighted by Crippen LogP contribution is 2.19. The van der Waals surface area contributed by atoms with Gasteiger partial charge in [-0.15, -0.1) is 0 Å². The first-order valence-corrected chi connectivity index (χ1v) is 6.82. The van der Waals surface area contributed by atoms with Crippen LogP contribution in [0.4, 0.5) is 0 Å². The van der Waals surface area contributed by atoms with Gasteiger partial charge >= 0.3 is 0 Å². The number of hydrogen-bond acceptors (Lipinski definition) is 2. The highest BCUT2D eigenvalue weighted by atomic mass is 16.5. The lowest BCUT2D eigenvalue weighted by Crippen LogP contribution is -2.23. The SMILES string of the molecule is Cc1ccc(C(=O)C(C)Oc2ccc(C)c(C)c2)cc1. The molecule has 1 atom stereocenters. The minimum absolute atomic E-state index is 0.00299. The third-order valence-electron chi connectivity index (χ3n) is 3.50. The topological polar surface area (TPSA) is 26.3 Å². The molecule has 20 heavy (non-hydrogen) atoms. The monoisotopic (exact) mass is 268 g/mol. The second kappa shape index (κ2) is 5.91. The van der Waals surface area contributed by atoms with Crippen molar-refractivity contribution in [3.8, 4) is 5.75 Å². The number of ether oxygens (including phenoxy) is 1. The van der Waals surface area contributed by atoms with Gasteiger partial charge in [0.15, 0.2) is 6.10 Å². The van der Waals surface area contributed by atoms with Gasteiger partial charge in [-0.1, -0.05) is 35.9 Å². The highest BCUT2D eigenvalue weighted by molar-refractivity contribution is 5.99. The molecule has 0 aromatic heterocycles. The maximum Gasteiger partial charge on any atom is 0.202 e. The molecule has 0 saturated carbocycles. The van der Waals surface area contributed by atoms with Crippen LogP contribution >= 0.6 is 0 Å². The van der Waals surface area contributed by atoms with Gasteiger partial charge in [0.05, 0.1) is 0 Å².